The Morgan fingerprint density at radius 3 is 2.77 bits per heavy atom. The molecule has 13 heavy (non-hydrogen) atoms. The number of hydrogen-bond acceptors (Lipinski definition) is 3. The van der Waals surface area contributed by atoms with Crippen LogP contribution in [-0.2, 0) is 14.3 Å². The highest BCUT2D eigenvalue weighted by Crippen LogP contribution is 2.00. The van der Waals surface area contributed by atoms with E-state index in [0.29, 0.717) is 12.4 Å². The minimum Gasteiger partial charge on any atom is -0.482 e. The topological polar surface area (TPSA) is 35.5 Å². The maximum Gasteiger partial charge on any atom is 0.334 e. The number of carbonyl (C=O) groups is 1. The highest BCUT2D eigenvalue weighted by atomic mass is 16.5. The van der Waals surface area contributed by atoms with Crippen LogP contribution in [0.15, 0.2) is 11.8 Å². The van der Waals surface area contributed by atoms with Gasteiger partial charge in [-0.25, -0.2) is 4.79 Å². The zero-order valence-corrected chi connectivity index (χ0v) is 8.16. The van der Waals surface area contributed by atoms with Crippen molar-refractivity contribution in [2.24, 2.45) is 0 Å². The van der Waals surface area contributed by atoms with E-state index in [1.807, 2.05) is 0 Å². The van der Waals surface area contributed by atoms with Crippen molar-refractivity contribution in [1.29, 1.82) is 0 Å². The van der Waals surface area contributed by atoms with Crippen LogP contribution in [0.5, 0.6) is 0 Å². The molecule has 0 fully saturated rings. The number of terminal acetylenes is 1. The summed E-state index contributed by atoms with van der Waals surface area (Å²) in [6.45, 7) is 5.48. The molecule has 0 radical (unpaired) electrons. The predicted molar refractivity (Wildman–Crippen MR) is 49.8 cm³/mol. The normalized spacial score (nSPS) is 12.9. The van der Waals surface area contributed by atoms with E-state index in [0.717, 1.165) is 0 Å². The maximum atomic E-state index is 10.9. The lowest BCUT2D eigenvalue weighted by molar-refractivity contribution is -0.137. The molecule has 3 heteroatoms. The molecule has 0 aromatic rings. The Kier molecular flexibility index (Phi) is 5.45. The van der Waals surface area contributed by atoms with E-state index in [1.54, 1.807) is 20.8 Å². The summed E-state index contributed by atoms with van der Waals surface area (Å²) in [5, 5.41) is 0. The molecule has 0 amide bonds. The van der Waals surface area contributed by atoms with Crippen LogP contribution < -0.4 is 0 Å². The minimum absolute atomic E-state index is 0.328. The van der Waals surface area contributed by atoms with E-state index in [-0.39, 0.29) is 6.10 Å². The summed E-state index contributed by atoms with van der Waals surface area (Å²) in [6.07, 6.45) is 6.04. The highest BCUT2D eigenvalue weighted by molar-refractivity contribution is 5.82. The molecule has 0 spiro atoms. The van der Waals surface area contributed by atoms with E-state index in [2.05, 4.69) is 10.7 Å². The molecule has 0 unspecified atom stereocenters. The molecule has 0 heterocycles. The predicted octanol–water partition coefficient (Wildman–Crippen LogP) is 1.49. The molecular formula is C10H14O3. The van der Waals surface area contributed by atoms with Crippen molar-refractivity contribution in [3.63, 3.8) is 0 Å². The zero-order valence-electron chi connectivity index (χ0n) is 8.16. The van der Waals surface area contributed by atoms with Crippen molar-refractivity contribution in [3.8, 4) is 12.3 Å². The molecule has 0 saturated heterocycles. The van der Waals surface area contributed by atoms with Crippen molar-refractivity contribution < 1.29 is 14.3 Å². The second-order valence-corrected chi connectivity index (χ2v) is 2.43. The molecule has 0 saturated carbocycles. The largest absolute Gasteiger partial charge is 0.482 e. The summed E-state index contributed by atoms with van der Waals surface area (Å²) in [5.41, 5.74) is 0. The van der Waals surface area contributed by atoms with Gasteiger partial charge in [0, 0.05) is 0 Å². The van der Waals surface area contributed by atoms with Gasteiger partial charge in [-0.3, -0.25) is 0 Å². The lowest BCUT2D eigenvalue weighted by atomic mass is 10.4. The summed E-state index contributed by atoms with van der Waals surface area (Å²) >= 11 is 0. The van der Waals surface area contributed by atoms with Gasteiger partial charge in [-0.2, -0.15) is 0 Å². The van der Waals surface area contributed by atoms with Gasteiger partial charge in [-0.05, 0) is 20.8 Å². The van der Waals surface area contributed by atoms with Crippen LogP contribution in [0.2, 0.25) is 0 Å². The van der Waals surface area contributed by atoms with Crippen LogP contribution >= 0.6 is 0 Å². The maximum absolute atomic E-state index is 10.9. The van der Waals surface area contributed by atoms with Gasteiger partial charge < -0.3 is 9.47 Å². The molecule has 1 atom stereocenters. The first kappa shape index (κ1) is 11.6. The van der Waals surface area contributed by atoms with E-state index in [4.69, 9.17) is 11.2 Å². The van der Waals surface area contributed by atoms with Crippen LogP contribution in [0.1, 0.15) is 20.8 Å². The van der Waals surface area contributed by atoms with Gasteiger partial charge in [0.15, 0.2) is 6.10 Å². The molecule has 0 aliphatic heterocycles. The van der Waals surface area contributed by atoms with Gasteiger partial charge in [0.25, 0.3) is 0 Å². The van der Waals surface area contributed by atoms with Gasteiger partial charge >= 0.3 is 5.97 Å². The number of esters is 1. The Labute approximate surface area is 78.7 Å². The van der Waals surface area contributed by atoms with E-state index < -0.39 is 5.97 Å². The highest BCUT2D eigenvalue weighted by Gasteiger charge is 2.01. The van der Waals surface area contributed by atoms with E-state index in [9.17, 15) is 4.79 Å². The third-order valence-electron chi connectivity index (χ3n) is 1.21. The molecule has 72 valence electrons. The standard InChI is InChI=1S/C10H14O3/c1-5-8(3)13-9(4)7-10(11)12-6-2/h1,7-8H,6H2,2-4H3/b9-7+/t8-/m0/s1. The van der Waals surface area contributed by atoms with Crippen LogP contribution in [0.3, 0.4) is 0 Å². The quantitative estimate of drug-likeness (QED) is 0.286. The Morgan fingerprint density at radius 2 is 2.31 bits per heavy atom. The second kappa shape index (κ2) is 6.13. The molecule has 0 bridgehead atoms. The van der Waals surface area contributed by atoms with Gasteiger partial charge in [0.1, 0.15) is 5.76 Å². The summed E-state index contributed by atoms with van der Waals surface area (Å²) in [6, 6.07) is 0. The monoisotopic (exact) mass is 182 g/mol. The second-order valence-electron chi connectivity index (χ2n) is 2.43. The molecule has 3 nitrogen and oxygen atoms in total. The third kappa shape index (κ3) is 5.80. The first-order chi connectivity index (χ1) is 6.10. The fourth-order valence-corrected chi connectivity index (χ4v) is 0.697. The summed E-state index contributed by atoms with van der Waals surface area (Å²) < 4.78 is 9.82. The Balaban J connectivity index is 4.02. The number of carbonyl (C=O) groups excluding carboxylic acids is 1. The molecule has 0 aliphatic carbocycles. The molecule has 0 aromatic carbocycles. The summed E-state index contributed by atoms with van der Waals surface area (Å²) in [7, 11) is 0. The lowest BCUT2D eigenvalue weighted by Gasteiger charge is -2.08. The fourth-order valence-electron chi connectivity index (χ4n) is 0.697. The van der Waals surface area contributed by atoms with Gasteiger partial charge in [0.05, 0.1) is 12.7 Å². The first-order valence-electron chi connectivity index (χ1n) is 4.08. The number of allylic oxidation sites excluding steroid dienone is 1. The number of rotatable bonds is 4. The molecule has 0 N–H and O–H groups in total. The first-order valence-corrected chi connectivity index (χ1v) is 4.08. The van der Waals surface area contributed by atoms with Crippen molar-refractivity contribution in [2.45, 2.75) is 26.9 Å². The Morgan fingerprint density at radius 1 is 1.69 bits per heavy atom. The SMILES string of the molecule is C#C[C@H](C)O/C(C)=C/C(=O)OCC. The Bertz CT molecular complexity index is 235. The zero-order chi connectivity index (χ0) is 10.3. The summed E-state index contributed by atoms with van der Waals surface area (Å²) in [5.74, 6) is 2.44. The average molecular weight is 182 g/mol. The van der Waals surface area contributed by atoms with Crippen molar-refractivity contribution in [2.75, 3.05) is 6.61 Å². The van der Waals surface area contributed by atoms with Crippen LogP contribution in [0.25, 0.3) is 0 Å². The third-order valence-corrected chi connectivity index (χ3v) is 1.21. The van der Waals surface area contributed by atoms with Crippen LogP contribution in [0, 0.1) is 12.3 Å². The van der Waals surface area contributed by atoms with Crippen molar-refractivity contribution in [1.82, 2.24) is 0 Å². The van der Waals surface area contributed by atoms with Crippen molar-refractivity contribution >= 4 is 5.97 Å². The summed E-state index contributed by atoms with van der Waals surface area (Å²) in [4.78, 5) is 10.9. The minimum atomic E-state index is -0.413. The molecule has 0 rings (SSSR count). The van der Waals surface area contributed by atoms with Crippen molar-refractivity contribution in [3.05, 3.63) is 11.8 Å². The van der Waals surface area contributed by atoms with E-state index >= 15 is 0 Å². The number of ether oxygens (including phenoxy) is 2. The molecular weight excluding hydrogens is 168 g/mol. The smallest absolute Gasteiger partial charge is 0.334 e. The van der Waals surface area contributed by atoms with Crippen LogP contribution in [-0.4, -0.2) is 18.7 Å². The molecule has 0 aromatic heterocycles. The van der Waals surface area contributed by atoms with Crippen LogP contribution in [0.4, 0.5) is 0 Å². The van der Waals surface area contributed by atoms with Gasteiger partial charge in [-0.1, -0.05) is 5.92 Å². The lowest BCUT2D eigenvalue weighted by Crippen LogP contribution is -2.06. The van der Waals surface area contributed by atoms with E-state index in [1.165, 1.54) is 6.08 Å². The molecule has 0 aliphatic rings. The fraction of sp³-hybridized carbons (Fsp3) is 0.500. The average Bonchev–Trinajstić information content (AvgIpc) is 2.04. The Hall–Kier alpha value is -1.43. The van der Waals surface area contributed by atoms with Gasteiger partial charge in [0.2, 0.25) is 0 Å². The number of hydrogen-bond donors (Lipinski definition) is 0. The van der Waals surface area contributed by atoms with Gasteiger partial charge in [-0.15, -0.1) is 6.42 Å².